The maximum Gasteiger partial charge on any atom is 0.341 e. The van der Waals surface area contributed by atoms with E-state index in [1.807, 2.05) is 19.9 Å². The number of hydrogen-bond donors (Lipinski definition) is 2. The third-order valence-electron chi connectivity index (χ3n) is 4.97. The molecule has 0 fully saturated rings. The van der Waals surface area contributed by atoms with Crippen LogP contribution in [0.5, 0.6) is 11.5 Å². The molecule has 0 saturated carbocycles. The number of anilines is 1. The van der Waals surface area contributed by atoms with Crippen molar-refractivity contribution in [2.24, 2.45) is 0 Å². The van der Waals surface area contributed by atoms with E-state index >= 15 is 0 Å². The number of ether oxygens (including phenoxy) is 2. The first-order chi connectivity index (χ1) is 15.2. The van der Waals surface area contributed by atoms with E-state index in [4.69, 9.17) is 20.3 Å². The van der Waals surface area contributed by atoms with Crippen LogP contribution in [0, 0.1) is 29.6 Å². The van der Waals surface area contributed by atoms with Gasteiger partial charge in [-0.3, -0.25) is 0 Å². The second-order valence-corrected chi connectivity index (χ2v) is 7.80. The van der Waals surface area contributed by atoms with Crippen molar-refractivity contribution in [2.45, 2.75) is 20.8 Å². The van der Waals surface area contributed by atoms with Gasteiger partial charge in [0.05, 0.1) is 27.9 Å². The van der Waals surface area contributed by atoms with Crippen molar-refractivity contribution in [3.05, 3.63) is 50.1 Å². The summed E-state index contributed by atoms with van der Waals surface area (Å²) in [6.45, 7) is 5.24. The number of nitrogens with two attached hydrogens (primary N) is 1. The largest absolute Gasteiger partial charge is 0.490 e. The molecule has 0 bridgehead atoms. The number of hydrogen-bond acceptors (Lipinski definition) is 7. The van der Waals surface area contributed by atoms with Crippen molar-refractivity contribution in [3.63, 3.8) is 0 Å². The normalized spacial score (nSPS) is 13.5. The molecule has 0 unspecified atom stereocenters. The zero-order valence-corrected chi connectivity index (χ0v) is 19.2. The number of carbonyl (C=O) groups is 1. The predicted molar refractivity (Wildman–Crippen MR) is 123 cm³/mol. The number of rotatable bonds is 6. The number of nitrogens with zero attached hydrogens (tertiary/aromatic N) is 3. The molecule has 0 atom stereocenters. The summed E-state index contributed by atoms with van der Waals surface area (Å²) in [4.78, 5) is 15.2. The Hall–Kier alpha value is -3.82. The van der Waals surface area contributed by atoms with Crippen LogP contribution < -0.4 is 15.2 Å². The van der Waals surface area contributed by atoms with Crippen molar-refractivity contribution in [3.8, 4) is 23.6 Å². The number of aromatic nitrogens is 1. The van der Waals surface area contributed by atoms with E-state index < -0.39 is 12.6 Å². The molecule has 8 nitrogen and oxygen atoms in total. The van der Waals surface area contributed by atoms with Gasteiger partial charge in [0.15, 0.2) is 18.1 Å². The monoisotopic (exact) mass is 494 g/mol. The summed E-state index contributed by atoms with van der Waals surface area (Å²) in [5.74, 6) is -0.355. The SMILES string of the molecule is CCOc1cc(/C=C2/C(C)=C(C#N)c3nc(N)c(C#N)c(C)c32)cc(Br)c1OCC(=O)O. The Labute approximate surface area is 193 Å². The van der Waals surface area contributed by atoms with Crippen molar-refractivity contribution >= 4 is 44.9 Å². The Morgan fingerprint density at radius 3 is 2.59 bits per heavy atom. The summed E-state index contributed by atoms with van der Waals surface area (Å²) < 4.78 is 11.5. The van der Waals surface area contributed by atoms with Crippen LogP contribution in [0.15, 0.2) is 22.2 Å². The first kappa shape index (κ1) is 22.9. The third kappa shape index (κ3) is 4.03. The summed E-state index contributed by atoms with van der Waals surface area (Å²) in [5.41, 5.74) is 10.6. The van der Waals surface area contributed by atoms with Crippen LogP contribution >= 0.6 is 15.9 Å². The fraction of sp³-hybridized carbons (Fsp3) is 0.217. The van der Waals surface area contributed by atoms with Crippen LogP contribution in [-0.2, 0) is 4.79 Å². The number of fused-ring (bicyclic) bond motifs is 1. The lowest BCUT2D eigenvalue weighted by Crippen LogP contribution is -2.11. The number of carboxylic acid groups (broad SMARTS) is 1. The lowest BCUT2D eigenvalue weighted by atomic mass is 9.95. The van der Waals surface area contributed by atoms with Gasteiger partial charge in [-0.15, -0.1) is 0 Å². The molecule has 0 spiro atoms. The number of allylic oxidation sites excluding steroid dienone is 3. The summed E-state index contributed by atoms with van der Waals surface area (Å²) in [6.07, 6.45) is 1.86. The van der Waals surface area contributed by atoms with Crippen molar-refractivity contribution in [1.82, 2.24) is 4.98 Å². The van der Waals surface area contributed by atoms with E-state index in [9.17, 15) is 15.3 Å². The fourth-order valence-electron chi connectivity index (χ4n) is 3.57. The minimum absolute atomic E-state index is 0.0897. The number of pyridine rings is 1. The number of nitriles is 2. The second kappa shape index (κ2) is 9.13. The van der Waals surface area contributed by atoms with E-state index in [1.54, 1.807) is 19.1 Å². The van der Waals surface area contributed by atoms with Gasteiger partial charge in [0.25, 0.3) is 0 Å². The van der Waals surface area contributed by atoms with Crippen molar-refractivity contribution < 1.29 is 19.4 Å². The van der Waals surface area contributed by atoms with Gasteiger partial charge in [-0.05, 0) is 77.2 Å². The zero-order chi connectivity index (χ0) is 23.6. The number of benzene rings is 1. The Morgan fingerprint density at radius 1 is 1.28 bits per heavy atom. The highest BCUT2D eigenvalue weighted by molar-refractivity contribution is 9.10. The van der Waals surface area contributed by atoms with Crippen LogP contribution in [0.2, 0.25) is 0 Å². The Morgan fingerprint density at radius 2 is 2.00 bits per heavy atom. The standard InChI is InChI=1S/C23H19BrN4O4/c1-4-31-18-7-13(6-17(24)22(18)32-10-19(29)30)5-14-11(2)15(8-25)21-20(14)12(3)16(9-26)23(27)28-21/h5-7H,4,10H2,1-3H3,(H2,27,28)(H,29,30)/b14-5-. The zero-order valence-electron chi connectivity index (χ0n) is 17.6. The lowest BCUT2D eigenvalue weighted by Gasteiger charge is -2.14. The molecule has 32 heavy (non-hydrogen) atoms. The van der Waals surface area contributed by atoms with Gasteiger partial charge in [-0.1, -0.05) is 0 Å². The number of aliphatic carboxylic acids is 1. The average molecular weight is 495 g/mol. The maximum atomic E-state index is 10.9. The van der Waals surface area contributed by atoms with Crippen LogP contribution in [0.25, 0.3) is 17.2 Å². The molecule has 1 aromatic carbocycles. The number of halogens is 1. The second-order valence-electron chi connectivity index (χ2n) is 6.95. The van der Waals surface area contributed by atoms with Gasteiger partial charge >= 0.3 is 5.97 Å². The van der Waals surface area contributed by atoms with Gasteiger partial charge in [-0.2, -0.15) is 10.5 Å². The first-order valence-electron chi connectivity index (χ1n) is 9.58. The molecule has 0 saturated heterocycles. The minimum atomic E-state index is -1.10. The average Bonchev–Trinajstić information content (AvgIpc) is 2.98. The summed E-state index contributed by atoms with van der Waals surface area (Å²) in [7, 11) is 0. The molecule has 0 radical (unpaired) electrons. The molecule has 2 aromatic rings. The summed E-state index contributed by atoms with van der Waals surface area (Å²) in [5, 5.41) is 28.1. The highest BCUT2D eigenvalue weighted by Gasteiger charge is 2.29. The van der Waals surface area contributed by atoms with E-state index in [2.05, 4.69) is 33.1 Å². The quantitative estimate of drug-likeness (QED) is 0.604. The van der Waals surface area contributed by atoms with Gasteiger partial charge in [-0.25, -0.2) is 9.78 Å². The molecular weight excluding hydrogens is 476 g/mol. The molecule has 1 aromatic heterocycles. The molecule has 1 aliphatic carbocycles. The molecule has 3 N–H and O–H groups in total. The molecular formula is C23H19BrN4O4. The maximum absolute atomic E-state index is 10.9. The molecule has 0 amide bonds. The molecule has 0 aliphatic heterocycles. The van der Waals surface area contributed by atoms with Gasteiger partial charge in [0.2, 0.25) is 0 Å². The van der Waals surface area contributed by atoms with Crippen LogP contribution in [0.4, 0.5) is 5.82 Å². The van der Waals surface area contributed by atoms with E-state index in [1.165, 1.54) is 0 Å². The van der Waals surface area contributed by atoms with E-state index in [0.29, 0.717) is 44.8 Å². The van der Waals surface area contributed by atoms with E-state index in [0.717, 1.165) is 11.1 Å². The molecule has 9 heteroatoms. The van der Waals surface area contributed by atoms with Crippen LogP contribution in [0.1, 0.15) is 41.8 Å². The highest BCUT2D eigenvalue weighted by Crippen LogP contribution is 2.45. The summed E-state index contributed by atoms with van der Waals surface area (Å²) >= 11 is 3.42. The first-order valence-corrected chi connectivity index (χ1v) is 10.4. The number of carboxylic acids is 1. The number of nitrogen functional groups attached to an aromatic ring is 1. The minimum Gasteiger partial charge on any atom is -0.490 e. The predicted octanol–water partition coefficient (Wildman–Crippen LogP) is 4.32. The molecule has 3 rings (SSSR count). The van der Waals surface area contributed by atoms with E-state index in [-0.39, 0.29) is 17.1 Å². The Kier molecular flexibility index (Phi) is 6.52. The molecule has 1 heterocycles. The summed E-state index contributed by atoms with van der Waals surface area (Å²) in [6, 6.07) is 7.75. The lowest BCUT2D eigenvalue weighted by molar-refractivity contribution is -0.139. The topological polar surface area (TPSA) is 142 Å². The van der Waals surface area contributed by atoms with Gasteiger partial charge < -0.3 is 20.3 Å². The highest BCUT2D eigenvalue weighted by atomic mass is 79.9. The molecule has 162 valence electrons. The van der Waals surface area contributed by atoms with Crippen LogP contribution in [-0.4, -0.2) is 29.3 Å². The van der Waals surface area contributed by atoms with Crippen LogP contribution in [0.3, 0.4) is 0 Å². The van der Waals surface area contributed by atoms with Gasteiger partial charge in [0.1, 0.15) is 18.0 Å². The smallest absolute Gasteiger partial charge is 0.341 e. The fourth-order valence-corrected chi connectivity index (χ4v) is 4.14. The molecule has 1 aliphatic rings. The Balaban J connectivity index is 2.21. The third-order valence-corrected chi connectivity index (χ3v) is 5.56. The Bertz CT molecular complexity index is 1280. The van der Waals surface area contributed by atoms with Crippen molar-refractivity contribution in [1.29, 1.82) is 10.5 Å². The van der Waals surface area contributed by atoms with Gasteiger partial charge in [0, 0.05) is 5.56 Å². The van der Waals surface area contributed by atoms with Crippen molar-refractivity contribution in [2.75, 3.05) is 18.9 Å².